The van der Waals surface area contributed by atoms with Crippen LogP contribution in [-0.2, 0) is 4.79 Å². The molecule has 1 unspecified atom stereocenters. The predicted octanol–water partition coefficient (Wildman–Crippen LogP) is 2.01. The number of anilines is 1. The Morgan fingerprint density at radius 2 is 2.19 bits per heavy atom. The molecule has 0 amide bonds. The van der Waals surface area contributed by atoms with Gasteiger partial charge in [0.25, 0.3) is 0 Å². The first kappa shape index (κ1) is 13.0. The standard InChI is InChI=1S/C11H14BrNO3/c1-7-5-8(3-4-9(7)12)13-6-11(2,16)10(14)15/h3-5,13,16H,6H2,1-2H3,(H,14,15). The Bertz CT molecular complexity index is 404. The van der Waals surface area contributed by atoms with Crippen molar-refractivity contribution in [1.82, 2.24) is 0 Å². The molecule has 4 nitrogen and oxygen atoms in total. The van der Waals surface area contributed by atoms with Gasteiger partial charge in [0.1, 0.15) is 0 Å². The average Bonchev–Trinajstić information content (AvgIpc) is 2.20. The Morgan fingerprint density at radius 1 is 1.56 bits per heavy atom. The first-order chi connectivity index (χ1) is 7.33. The third-order valence-electron chi connectivity index (χ3n) is 2.26. The minimum atomic E-state index is -1.76. The molecule has 0 fully saturated rings. The summed E-state index contributed by atoms with van der Waals surface area (Å²) in [6.45, 7) is 3.15. The number of nitrogens with one attached hydrogen (secondary N) is 1. The Kier molecular flexibility index (Phi) is 3.93. The summed E-state index contributed by atoms with van der Waals surface area (Å²) in [5.41, 5.74) is 0.0586. The van der Waals surface area contributed by atoms with Crippen molar-refractivity contribution < 1.29 is 15.0 Å². The summed E-state index contributed by atoms with van der Waals surface area (Å²) < 4.78 is 0.989. The normalized spacial score (nSPS) is 14.2. The quantitative estimate of drug-likeness (QED) is 0.792. The summed E-state index contributed by atoms with van der Waals surface area (Å²) in [5.74, 6) is -1.24. The van der Waals surface area contributed by atoms with Gasteiger partial charge in [-0.25, -0.2) is 4.79 Å². The molecular weight excluding hydrogens is 274 g/mol. The van der Waals surface area contributed by atoms with Crippen LogP contribution in [0.5, 0.6) is 0 Å². The third-order valence-corrected chi connectivity index (χ3v) is 3.15. The largest absolute Gasteiger partial charge is 0.479 e. The van der Waals surface area contributed by atoms with E-state index in [1.807, 2.05) is 25.1 Å². The van der Waals surface area contributed by atoms with Crippen LogP contribution in [-0.4, -0.2) is 28.3 Å². The van der Waals surface area contributed by atoms with E-state index >= 15 is 0 Å². The maximum absolute atomic E-state index is 10.7. The fraction of sp³-hybridized carbons (Fsp3) is 0.364. The Hall–Kier alpha value is -1.07. The highest BCUT2D eigenvalue weighted by molar-refractivity contribution is 9.10. The monoisotopic (exact) mass is 287 g/mol. The summed E-state index contributed by atoms with van der Waals surface area (Å²) in [6.07, 6.45) is 0. The van der Waals surface area contributed by atoms with Crippen LogP contribution >= 0.6 is 15.9 Å². The first-order valence-corrected chi connectivity index (χ1v) is 5.58. The van der Waals surface area contributed by atoms with Crippen LogP contribution in [0.4, 0.5) is 5.69 Å². The Balaban J connectivity index is 2.68. The molecule has 0 aliphatic carbocycles. The number of carbonyl (C=O) groups is 1. The van der Waals surface area contributed by atoms with Crippen LogP contribution in [0.15, 0.2) is 22.7 Å². The van der Waals surface area contributed by atoms with Gasteiger partial charge in [-0.2, -0.15) is 0 Å². The number of carboxylic acids is 1. The van der Waals surface area contributed by atoms with Gasteiger partial charge in [-0.3, -0.25) is 0 Å². The number of halogens is 1. The number of aliphatic hydroxyl groups is 1. The molecule has 1 rings (SSSR count). The number of carboxylic acid groups (broad SMARTS) is 1. The highest BCUT2D eigenvalue weighted by atomic mass is 79.9. The molecule has 0 bridgehead atoms. The SMILES string of the molecule is Cc1cc(NCC(C)(O)C(=O)O)ccc1Br. The van der Waals surface area contributed by atoms with Gasteiger partial charge >= 0.3 is 5.97 Å². The summed E-state index contributed by atoms with van der Waals surface area (Å²) in [6, 6.07) is 5.56. The van der Waals surface area contributed by atoms with Gasteiger partial charge in [-0.05, 0) is 37.6 Å². The fourth-order valence-corrected chi connectivity index (χ4v) is 1.35. The van der Waals surface area contributed by atoms with Crippen molar-refractivity contribution in [2.75, 3.05) is 11.9 Å². The number of rotatable bonds is 4. The number of hydrogen-bond donors (Lipinski definition) is 3. The number of aliphatic carboxylic acids is 1. The molecule has 0 radical (unpaired) electrons. The average molecular weight is 288 g/mol. The van der Waals surface area contributed by atoms with E-state index in [-0.39, 0.29) is 6.54 Å². The lowest BCUT2D eigenvalue weighted by Gasteiger charge is -2.19. The molecule has 1 atom stereocenters. The zero-order chi connectivity index (χ0) is 12.3. The lowest BCUT2D eigenvalue weighted by Crippen LogP contribution is -2.41. The van der Waals surface area contributed by atoms with Crippen LogP contribution in [0.2, 0.25) is 0 Å². The topological polar surface area (TPSA) is 69.6 Å². The van der Waals surface area contributed by atoms with Gasteiger partial charge in [-0.15, -0.1) is 0 Å². The summed E-state index contributed by atoms with van der Waals surface area (Å²) in [4.78, 5) is 10.7. The third kappa shape index (κ3) is 3.21. The van der Waals surface area contributed by atoms with E-state index in [1.165, 1.54) is 6.92 Å². The zero-order valence-electron chi connectivity index (χ0n) is 9.12. The molecule has 0 saturated carbocycles. The summed E-state index contributed by atoms with van der Waals surface area (Å²) in [5, 5.41) is 21.1. The predicted molar refractivity (Wildman–Crippen MR) is 65.6 cm³/mol. The molecule has 1 aromatic carbocycles. The minimum Gasteiger partial charge on any atom is -0.479 e. The number of hydrogen-bond acceptors (Lipinski definition) is 3. The van der Waals surface area contributed by atoms with E-state index in [1.54, 1.807) is 0 Å². The van der Waals surface area contributed by atoms with Crippen molar-refractivity contribution in [3.8, 4) is 0 Å². The lowest BCUT2D eigenvalue weighted by molar-refractivity contribution is -0.155. The molecule has 16 heavy (non-hydrogen) atoms. The molecule has 5 heteroatoms. The number of aryl methyl sites for hydroxylation is 1. The Morgan fingerprint density at radius 3 is 2.69 bits per heavy atom. The molecule has 88 valence electrons. The van der Waals surface area contributed by atoms with E-state index in [2.05, 4.69) is 21.2 Å². The van der Waals surface area contributed by atoms with E-state index in [4.69, 9.17) is 5.11 Å². The van der Waals surface area contributed by atoms with E-state index in [9.17, 15) is 9.90 Å². The van der Waals surface area contributed by atoms with Crippen molar-refractivity contribution in [3.63, 3.8) is 0 Å². The highest BCUT2D eigenvalue weighted by Crippen LogP contribution is 2.20. The zero-order valence-corrected chi connectivity index (χ0v) is 10.7. The number of benzene rings is 1. The molecular formula is C11H14BrNO3. The Labute approximate surface area is 102 Å². The molecule has 0 aliphatic rings. The van der Waals surface area contributed by atoms with Crippen LogP contribution < -0.4 is 5.32 Å². The fourth-order valence-electron chi connectivity index (χ4n) is 1.10. The molecule has 0 aromatic heterocycles. The first-order valence-electron chi connectivity index (χ1n) is 4.79. The van der Waals surface area contributed by atoms with Crippen LogP contribution in [0, 0.1) is 6.92 Å². The van der Waals surface area contributed by atoms with Gasteiger partial charge in [0.2, 0.25) is 0 Å². The van der Waals surface area contributed by atoms with Crippen LogP contribution in [0.1, 0.15) is 12.5 Å². The van der Waals surface area contributed by atoms with Gasteiger partial charge < -0.3 is 15.5 Å². The molecule has 0 spiro atoms. The second-order valence-corrected chi connectivity index (χ2v) is 4.75. The molecule has 0 aliphatic heterocycles. The molecule has 1 aromatic rings. The van der Waals surface area contributed by atoms with Gasteiger partial charge in [0.05, 0.1) is 6.54 Å². The van der Waals surface area contributed by atoms with E-state index < -0.39 is 11.6 Å². The molecule has 0 heterocycles. The summed E-state index contributed by atoms with van der Waals surface area (Å²) in [7, 11) is 0. The van der Waals surface area contributed by atoms with Crippen molar-refractivity contribution >= 4 is 27.6 Å². The second-order valence-electron chi connectivity index (χ2n) is 3.90. The van der Waals surface area contributed by atoms with Crippen LogP contribution in [0.25, 0.3) is 0 Å². The molecule has 3 N–H and O–H groups in total. The van der Waals surface area contributed by atoms with Gasteiger partial charge in [0, 0.05) is 10.2 Å². The van der Waals surface area contributed by atoms with E-state index in [0.29, 0.717) is 0 Å². The van der Waals surface area contributed by atoms with Gasteiger partial charge in [0.15, 0.2) is 5.60 Å². The van der Waals surface area contributed by atoms with Gasteiger partial charge in [-0.1, -0.05) is 15.9 Å². The molecule has 0 saturated heterocycles. The maximum Gasteiger partial charge on any atom is 0.337 e. The second kappa shape index (κ2) is 4.84. The maximum atomic E-state index is 10.7. The summed E-state index contributed by atoms with van der Waals surface area (Å²) >= 11 is 3.37. The smallest absolute Gasteiger partial charge is 0.337 e. The van der Waals surface area contributed by atoms with Crippen molar-refractivity contribution in [2.45, 2.75) is 19.4 Å². The lowest BCUT2D eigenvalue weighted by atomic mass is 10.1. The van der Waals surface area contributed by atoms with Crippen molar-refractivity contribution in [2.24, 2.45) is 0 Å². The van der Waals surface area contributed by atoms with Crippen molar-refractivity contribution in [3.05, 3.63) is 28.2 Å². The van der Waals surface area contributed by atoms with Crippen LogP contribution in [0.3, 0.4) is 0 Å². The van der Waals surface area contributed by atoms with E-state index in [0.717, 1.165) is 15.7 Å². The minimum absolute atomic E-state index is 0.0383. The highest BCUT2D eigenvalue weighted by Gasteiger charge is 2.29. The van der Waals surface area contributed by atoms with Crippen molar-refractivity contribution in [1.29, 1.82) is 0 Å².